The molecule has 0 saturated carbocycles. The van der Waals surface area contributed by atoms with E-state index in [-0.39, 0.29) is 12.6 Å². The summed E-state index contributed by atoms with van der Waals surface area (Å²) in [6.45, 7) is 6.46. The number of halogens is 1. The predicted octanol–water partition coefficient (Wildman–Crippen LogP) is 3.18. The number of aryl methyl sites for hydroxylation is 1. The van der Waals surface area contributed by atoms with Gasteiger partial charge in [0.15, 0.2) is 0 Å². The van der Waals surface area contributed by atoms with Crippen LogP contribution in [0, 0.1) is 6.92 Å². The third-order valence-electron chi connectivity index (χ3n) is 2.87. The summed E-state index contributed by atoms with van der Waals surface area (Å²) < 4.78 is 1.11. The maximum Gasteiger partial charge on any atom is 0.0626 e. The van der Waals surface area contributed by atoms with E-state index in [9.17, 15) is 5.11 Å². The van der Waals surface area contributed by atoms with E-state index in [4.69, 9.17) is 0 Å². The monoisotopic (exact) mass is 285 g/mol. The lowest BCUT2D eigenvalue weighted by molar-refractivity contribution is 0.234. The Labute approximate surface area is 106 Å². The highest BCUT2D eigenvalue weighted by atomic mass is 79.9. The first-order valence-electron chi connectivity index (χ1n) is 5.71. The molecule has 0 bridgehead atoms. The Kier molecular flexibility index (Phi) is 5.46. The van der Waals surface area contributed by atoms with Gasteiger partial charge in [0.25, 0.3) is 0 Å². The minimum atomic E-state index is 0.0294. The molecule has 2 atom stereocenters. The summed E-state index contributed by atoms with van der Waals surface area (Å²) in [5, 5.41) is 12.8. The molecule has 0 aliphatic heterocycles. The van der Waals surface area contributed by atoms with Crippen LogP contribution < -0.4 is 5.32 Å². The van der Waals surface area contributed by atoms with Crippen LogP contribution in [-0.2, 0) is 0 Å². The average molecular weight is 286 g/mol. The molecule has 1 aromatic rings. The van der Waals surface area contributed by atoms with E-state index in [1.807, 2.05) is 12.1 Å². The van der Waals surface area contributed by atoms with Crippen molar-refractivity contribution in [3.63, 3.8) is 0 Å². The van der Waals surface area contributed by atoms with E-state index >= 15 is 0 Å². The van der Waals surface area contributed by atoms with Gasteiger partial charge in [-0.05, 0) is 37.5 Å². The van der Waals surface area contributed by atoms with Crippen molar-refractivity contribution in [3.05, 3.63) is 33.8 Å². The molecule has 0 aromatic heterocycles. The Bertz CT molecular complexity index is 341. The molecule has 1 aromatic carbocycles. The molecule has 0 radical (unpaired) electrons. The van der Waals surface area contributed by atoms with Gasteiger partial charge in [0.2, 0.25) is 0 Å². The molecule has 90 valence electrons. The van der Waals surface area contributed by atoms with Crippen LogP contribution in [0.2, 0.25) is 0 Å². The van der Waals surface area contributed by atoms with Crippen LogP contribution in [0.3, 0.4) is 0 Å². The second kappa shape index (κ2) is 6.38. The topological polar surface area (TPSA) is 32.3 Å². The number of aliphatic hydroxyl groups excluding tert-OH is 1. The van der Waals surface area contributed by atoms with Crippen molar-refractivity contribution in [2.24, 2.45) is 0 Å². The molecule has 0 amide bonds. The first kappa shape index (κ1) is 13.7. The van der Waals surface area contributed by atoms with Gasteiger partial charge in [-0.15, -0.1) is 0 Å². The van der Waals surface area contributed by atoms with Crippen LogP contribution in [0.25, 0.3) is 0 Å². The summed E-state index contributed by atoms with van der Waals surface area (Å²) in [5.41, 5.74) is 2.34. The molecule has 0 saturated heterocycles. The summed E-state index contributed by atoms with van der Waals surface area (Å²) in [4.78, 5) is 0. The first-order valence-corrected chi connectivity index (χ1v) is 6.50. The van der Waals surface area contributed by atoms with Gasteiger partial charge in [-0.2, -0.15) is 0 Å². The standard InChI is InChI=1S/C13H20BrNO/c1-4-10(3)15-13(8-16)11-5-6-12(14)9(2)7-11/h5-7,10,13,15-16H,4,8H2,1-3H3. The van der Waals surface area contributed by atoms with Gasteiger partial charge in [-0.25, -0.2) is 0 Å². The number of hydrogen-bond acceptors (Lipinski definition) is 2. The van der Waals surface area contributed by atoms with Gasteiger partial charge in [0.05, 0.1) is 12.6 Å². The molecule has 0 aliphatic carbocycles. The van der Waals surface area contributed by atoms with Crippen LogP contribution in [-0.4, -0.2) is 17.8 Å². The Morgan fingerprint density at radius 3 is 2.62 bits per heavy atom. The highest BCUT2D eigenvalue weighted by Gasteiger charge is 2.12. The molecule has 3 heteroatoms. The smallest absolute Gasteiger partial charge is 0.0626 e. The van der Waals surface area contributed by atoms with Gasteiger partial charge in [-0.3, -0.25) is 0 Å². The lowest BCUT2D eigenvalue weighted by atomic mass is 10.0. The minimum absolute atomic E-state index is 0.0294. The summed E-state index contributed by atoms with van der Waals surface area (Å²) in [5.74, 6) is 0. The Morgan fingerprint density at radius 2 is 2.12 bits per heavy atom. The van der Waals surface area contributed by atoms with Gasteiger partial charge >= 0.3 is 0 Å². The Balaban J connectivity index is 2.82. The van der Waals surface area contributed by atoms with E-state index in [1.54, 1.807) is 0 Å². The Morgan fingerprint density at radius 1 is 1.44 bits per heavy atom. The van der Waals surface area contributed by atoms with Gasteiger partial charge < -0.3 is 10.4 Å². The third kappa shape index (κ3) is 3.58. The molecule has 2 nitrogen and oxygen atoms in total. The second-order valence-electron chi connectivity index (χ2n) is 4.22. The van der Waals surface area contributed by atoms with Crippen molar-refractivity contribution in [1.82, 2.24) is 5.32 Å². The van der Waals surface area contributed by atoms with Crippen molar-refractivity contribution < 1.29 is 5.11 Å². The number of rotatable bonds is 5. The largest absolute Gasteiger partial charge is 0.394 e. The number of benzene rings is 1. The molecular formula is C13H20BrNO. The van der Waals surface area contributed by atoms with Crippen molar-refractivity contribution in [2.75, 3.05) is 6.61 Å². The number of nitrogens with one attached hydrogen (secondary N) is 1. The van der Waals surface area contributed by atoms with Crippen LogP contribution in [0.5, 0.6) is 0 Å². The van der Waals surface area contributed by atoms with Crippen molar-refractivity contribution in [2.45, 2.75) is 39.3 Å². The highest BCUT2D eigenvalue weighted by molar-refractivity contribution is 9.10. The summed E-state index contributed by atoms with van der Waals surface area (Å²) in [7, 11) is 0. The first-order chi connectivity index (χ1) is 7.58. The van der Waals surface area contributed by atoms with Crippen LogP contribution in [0.1, 0.15) is 37.4 Å². The fourth-order valence-electron chi connectivity index (χ4n) is 1.60. The summed E-state index contributed by atoms with van der Waals surface area (Å²) >= 11 is 3.48. The lowest BCUT2D eigenvalue weighted by Crippen LogP contribution is -2.32. The predicted molar refractivity (Wildman–Crippen MR) is 71.6 cm³/mol. The van der Waals surface area contributed by atoms with Gasteiger partial charge in [0.1, 0.15) is 0 Å². The van der Waals surface area contributed by atoms with Crippen molar-refractivity contribution in [1.29, 1.82) is 0 Å². The lowest BCUT2D eigenvalue weighted by Gasteiger charge is -2.21. The van der Waals surface area contributed by atoms with Crippen molar-refractivity contribution in [3.8, 4) is 0 Å². The SMILES string of the molecule is CCC(C)NC(CO)c1ccc(Br)c(C)c1. The minimum Gasteiger partial charge on any atom is -0.394 e. The van der Waals surface area contributed by atoms with Crippen molar-refractivity contribution >= 4 is 15.9 Å². The summed E-state index contributed by atoms with van der Waals surface area (Å²) in [6, 6.07) is 6.64. The molecule has 2 unspecified atom stereocenters. The van der Waals surface area contributed by atoms with Crippen LogP contribution in [0.15, 0.2) is 22.7 Å². The van der Waals surface area contributed by atoms with E-state index in [1.165, 1.54) is 5.56 Å². The van der Waals surface area contributed by atoms with E-state index < -0.39 is 0 Å². The molecule has 1 rings (SSSR count). The zero-order valence-electron chi connectivity index (χ0n) is 10.1. The molecule has 0 heterocycles. The zero-order chi connectivity index (χ0) is 12.1. The normalized spacial score (nSPS) is 14.8. The van der Waals surface area contributed by atoms with Gasteiger partial charge in [-0.1, -0.05) is 35.0 Å². The van der Waals surface area contributed by atoms with Crippen LogP contribution in [0.4, 0.5) is 0 Å². The average Bonchev–Trinajstić information content (AvgIpc) is 2.29. The molecular weight excluding hydrogens is 266 g/mol. The fraction of sp³-hybridized carbons (Fsp3) is 0.538. The number of aliphatic hydroxyl groups is 1. The molecule has 16 heavy (non-hydrogen) atoms. The Hall–Kier alpha value is -0.380. The van der Waals surface area contributed by atoms with E-state index in [2.05, 4.69) is 48.1 Å². The zero-order valence-corrected chi connectivity index (χ0v) is 11.7. The van der Waals surface area contributed by atoms with Gasteiger partial charge in [0, 0.05) is 10.5 Å². The molecule has 0 spiro atoms. The van der Waals surface area contributed by atoms with E-state index in [0.29, 0.717) is 6.04 Å². The molecule has 2 N–H and O–H groups in total. The second-order valence-corrected chi connectivity index (χ2v) is 5.07. The maximum absolute atomic E-state index is 9.41. The highest BCUT2D eigenvalue weighted by Crippen LogP contribution is 2.21. The maximum atomic E-state index is 9.41. The van der Waals surface area contributed by atoms with Crippen LogP contribution >= 0.6 is 15.9 Å². The van der Waals surface area contributed by atoms with E-state index in [0.717, 1.165) is 16.5 Å². The molecule has 0 fully saturated rings. The summed E-state index contributed by atoms with van der Waals surface area (Å²) in [6.07, 6.45) is 1.06. The fourth-order valence-corrected chi connectivity index (χ4v) is 1.85. The molecule has 0 aliphatic rings. The number of hydrogen-bond donors (Lipinski definition) is 2. The quantitative estimate of drug-likeness (QED) is 0.871. The third-order valence-corrected chi connectivity index (χ3v) is 3.75.